The molecule has 92 valence electrons. The van der Waals surface area contributed by atoms with Crippen LogP contribution in [0.25, 0.3) is 5.57 Å². The molecule has 2 aliphatic rings. The van der Waals surface area contributed by atoms with Crippen molar-refractivity contribution in [1.82, 2.24) is 4.90 Å². The summed E-state index contributed by atoms with van der Waals surface area (Å²) < 4.78 is 10.6. The quantitative estimate of drug-likeness (QED) is 0.709. The van der Waals surface area contributed by atoms with Gasteiger partial charge in [0, 0.05) is 19.3 Å². The molecule has 0 amide bonds. The van der Waals surface area contributed by atoms with E-state index in [1.165, 1.54) is 0 Å². The minimum Gasteiger partial charge on any atom is -0.454 e. The van der Waals surface area contributed by atoms with E-state index in [1.54, 1.807) is 0 Å². The normalized spacial score (nSPS) is 19.9. The highest BCUT2D eigenvalue weighted by molar-refractivity contribution is 5.80. The first-order chi connectivity index (χ1) is 8.79. The molecule has 4 nitrogen and oxygen atoms in total. The van der Waals surface area contributed by atoms with Crippen LogP contribution in [0.4, 0.5) is 0 Å². The van der Waals surface area contributed by atoms with E-state index >= 15 is 0 Å². The largest absolute Gasteiger partial charge is 0.454 e. The van der Waals surface area contributed by atoms with Crippen LogP contribution >= 0.6 is 0 Å². The number of fused-ring (bicyclic) bond motifs is 1. The molecule has 2 heterocycles. The standard InChI is InChI=1S/C14H14N2O2/c1-16-6-2-3-12(16)11(8-15)10-4-5-13-14(7-10)18-9-17-13/h4-5,7H,2-3,6,9H2,1H3. The lowest BCUT2D eigenvalue weighted by molar-refractivity contribution is 0.174. The Kier molecular flexibility index (Phi) is 2.60. The first kappa shape index (κ1) is 11.0. The molecular weight excluding hydrogens is 228 g/mol. The number of nitrogens with zero attached hydrogens (tertiary/aromatic N) is 2. The summed E-state index contributed by atoms with van der Waals surface area (Å²) in [5, 5.41) is 9.40. The Morgan fingerprint density at radius 2 is 2.17 bits per heavy atom. The van der Waals surface area contributed by atoms with Gasteiger partial charge in [-0.05, 0) is 36.6 Å². The van der Waals surface area contributed by atoms with Gasteiger partial charge >= 0.3 is 0 Å². The Bertz CT molecular complexity index is 557. The number of benzene rings is 1. The van der Waals surface area contributed by atoms with Crippen molar-refractivity contribution < 1.29 is 9.47 Å². The molecule has 18 heavy (non-hydrogen) atoms. The molecule has 1 fully saturated rings. The maximum atomic E-state index is 9.40. The molecule has 0 saturated carbocycles. The highest BCUT2D eigenvalue weighted by atomic mass is 16.7. The summed E-state index contributed by atoms with van der Waals surface area (Å²) in [7, 11) is 2.03. The second kappa shape index (κ2) is 4.26. The summed E-state index contributed by atoms with van der Waals surface area (Å²) in [6.45, 7) is 1.28. The van der Waals surface area contributed by atoms with E-state index in [0.29, 0.717) is 0 Å². The van der Waals surface area contributed by atoms with Gasteiger partial charge in [-0.2, -0.15) is 5.26 Å². The molecule has 0 unspecified atom stereocenters. The second-order valence-electron chi connectivity index (χ2n) is 4.53. The lowest BCUT2D eigenvalue weighted by Gasteiger charge is -2.15. The molecule has 3 rings (SSSR count). The number of allylic oxidation sites excluding steroid dienone is 2. The zero-order valence-corrected chi connectivity index (χ0v) is 10.3. The summed E-state index contributed by atoms with van der Waals surface area (Å²) in [5.41, 5.74) is 2.77. The number of nitriles is 1. The van der Waals surface area contributed by atoms with E-state index in [0.717, 1.165) is 47.7 Å². The van der Waals surface area contributed by atoms with Gasteiger partial charge in [0.2, 0.25) is 6.79 Å². The van der Waals surface area contributed by atoms with Gasteiger partial charge in [0.1, 0.15) is 6.07 Å². The predicted molar refractivity (Wildman–Crippen MR) is 67.0 cm³/mol. The van der Waals surface area contributed by atoms with Crippen LogP contribution in [0.5, 0.6) is 11.5 Å². The van der Waals surface area contributed by atoms with Crippen molar-refractivity contribution in [3.8, 4) is 17.6 Å². The van der Waals surface area contributed by atoms with Gasteiger partial charge in [0.25, 0.3) is 0 Å². The lowest BCUT2D eigenvalue weighted by Crippen LogP contribution is -2.11. The number of ether oxygens (including phenoxy) is 2. The van der Waals surface area contributed by atoms with Crippen molar-refractivity contribution in [2.24, 2.45) is 0 Å². The molecular formula is C14H14N2O2. The summed E-state index contributed by atoms with van der Waals surface area (Å²) >= 11 is 0. The zero-order valence-electron chi connectivity index (χ0n) is 10.3. The number of rotatable bonds is 1. The van der Waals surface area contributed by atoms with Crippen molar-refractivity contribution in [2.45, 2.75) is 12.8 Å². The Hall–Kier alpha value is -2.15. The molecule has 0 aromatic heterocycles. The van der Waals surface area contributed by atoms with E-state index in [2.05, 4.69) is 11.0 Å². The molecule has 1 saturated heterocycles. The molecule has 4 heteroatoms. The van der Waals surface area contributed by atoms with Crippen LogP contribution in [0.2, 0.25) is 0 Å². The minimum atomic E-state index is 0.261. The van der Waals surface area contributed by atoms with Gasteiger partial charge in [-0.1, -0.05) is 0 Å². The fourth-order valence-electron chi connectivity index (χ4n) is 2.47. The average molecular weight is 242 g/mol. The van der Waals surface area contributed by atoms with Crippen LogP contribution in [-0.2, 0) is 0 Å². The molecule has 0 radical (unpaired) electrons. The molecule has 0 spiro atoms. The van der Waals surface area contributed by atoms with E-state index in [1.807, 2.05) is 25.2 Å². The first-order valence-corrected chi connectivity index (χ1v) is 6.04. The Morgan fingerprint density at radius 3 is 2.89 bits per heavy atom. The Morgan fingerprint density at radius 1 is 1.33 bits per heavy atom. The number of hydrogen-bond donors (Lipinski definition) is 0. The third-order valence-electron chi connectivity index (χ3n) is 3.43. The van der Waals surface area contributed by atoms with Gasteiger partial charge < -0.3 is 14.4 Å². The smallest absolute Gasteiger partial charge is 0.231 e. The second-order valence-corrected chi connectivity index (χ2v) is 4.53. The van der Waals surface area contributed by atoms with Gasteiger partial charge in [-0.25, -0.2) is 0 Å². The molecule has 0 aliphatic carbocycles. The Balaban J connectivity index is 2.05. The van der Waals surface area contributed by atoms with Gasteiger partial charge in [-0.15, -0.1) is 0 Å². The lowest BCUT2D eigenvalue weighted by atomic mass is 10.0. The average Bonchev–Trinajstić information content (AvgIpc) is 2.99. The maximum absolute atomic E-state index is 9.40. The first-order valence-electron chi connectivity index (χ1n) is 6.04. The molecule has 1 aromatic rings. The van der Waals surface area contributed by atoms with Crippen molar-refractivity contribution in [3.05, 3.63) is 29.5 Å². The number of hydrogen-bond acceptors (Lipinski definition) is 4. The van der Waals surface area contributed by atoms with Crippen LogP contribution in [0.1, 0.15) is 18.4 Å². The third kappa shape index (κ3) is 1.68. The van der Waals surface area contributed by atoms with Gasteiger partial charge in [0.15, 0.2) is 11.5 Å². The van der Waals surface area contributed by atoms with Crippen LogP contribution in [0.3, 0.4) is 0 Å². The fraction of sp³-hybridized carbons (Fsp3) is 0.357. The van der Waals surface area contributed by atoms with Gasteiger partial charge in [-0.3, -0.25) is 0 Å². The van der Waals surface area contributed by atoms with Crippen molar-refractivity contribution in [3.63, 3.8) is 0 Å². The topological polar surface area (TPSA) is 45.5 Å². The molecule has 2 aliphatic heterocycles. The molecule has 1 aromatic carbocycles. The highest BCUT2D eigenvalue weighted by Gasteiger charge is 2.21. The van der Waals surface area contributed by atoms with Crippen LogP contribution in [0.15, 0.2) is 23.9 Å². The van der Waals surface area contributed by atoms with E-state index in [4.69, 9.17) is 9.47 Å². The van der Waals surface area contributed by atoms with Crippen molar-refractivity contribution in [1.29, 1.82) is 5.26 Å². The third-order valence-corrected chi connectivity index (χ3v) is 3.43. The SMILES string of the molecule is CN1CCCC1=C(C#N)c1ccc2c(c1)OCO2. The fourth-order valence-corrected chi connectivity index (χ4v) is 2.47. The molecule has 0 bridgehead atoms. The summed E-state index contributed by atoms with van der Waals surface area (Å²) in [6.07, 6.45) is 2.08. The maximum Gasteiger partial charge on any atom is 0.231 e. The monoisotopic (exact) mass is 242 g/mol. The van der Waals surface area contributed by atoms with Crippen LogP contribution in [0, 0.1) is 11.3 Å². The molecule has 0 N–H and O–H groups in total. The molecule has 0 atom stereocenters. The van der Waals surface area contributed by atoms with Crippen LogP contribution in [-0.4, -0.2) is 25.3 Å². The van der Waals surface area contributed by atoms with Crippen molar-refractivity contribution in [2.75, 3.05) is 20.4 Å². The summed E-state index contributed by atoms with van der Waals surface area (Å²) in [6, 6.07) is 8.00. The van der Waals surface area contributed by atoms with Crippen LogP contribution < -0.4 is 9.47 Å². The zero-order chi connectivity index (χ0) is 12.5. The Labute approximate surface area is 106 Å². The minimum absolute atomic E-state index is 0.261. The van der Waals surface area contributed by atoms with E-state index < -0.39 is 0 Å². The van der Waals surface area contributed by atoms with Crippen molar-refractivity contribution >= 4 is 5.57 Å². The van der Waals surface area contributed by atoms with Gasteiger partial charge in [0.05, 0.1) is 5.57 Å². The van der Waals surface area contributed by atoms with E-state index in [-0.39, 0.29) is 6.79 Å². The van der Waals surface area contributed by atoms with E-state index in [9.17, 15) is 5.26 Å². The summed E-state index contributed by atoms with van der Waals surface area (Å²) in [5.74, 6) is 1.47. The number of likely N-dealkylation sites (tertiary alicyclic amines) is 1. The summed E-state index contributed by atoms with van der Waals surface area (Å²) in [4.78, 5) is 2.16. The predicted octanol–water partition coefficient (Wildman–Crippen LogP) is 2.38. The highest BCUT2D eigenvalue weighted by Crippen LogP contribution is 2.36.